The zero-order valence-corrected chi connectivity index (χ0v) is 30.1. The van der Waals surface area contributed by atoms with E-state index >= 15 is 0 Å². The van der Waals surface area contributed by atoms with E-state index in [9.17, 15) is 19.2 Å². The molecule has 2 amide bonds. The summed E-state index contributed by atoms with van der Waals surface area (Å²) in [6.07, 6.45) is -0.735. The second kappa shape index (κ2) is 16.0. The number of anilines is 1. The lowest BCUT2D eigenvalue weighted by atomic mass is 10.0. The maximum Gasteiger partial charge on any atom is 0.356 e. The van der Waals surface area contributed by atoms with Crippen LogP contribution < -0.4 is 16.7 Å². The number of halogens is 2. The number of hydrogen-bond donors (Lipinski definition) is 3. The lowest BCUT2D eigenvalue weighted by Gasteiger charge is -2.49. The van der Waals surface area contributed by atoms with E-state index in [0.29, 0.717) is 35.7 Å². The molecule has 6 rings (SSSR count). The molecule has 252 valence electrons. The van der Waals surface area contributed by atoms with Crippen molar-refractivity contribution in [3.05, 3.63) is 127 Å². The van der Waals surface area contributed by atoms with Crippen molar-refractivity contribution in [1.29, 1.82) is 0 Å². The van der Waals surface area contributed by atoms with Crippen LogP contribution in [0, 0.1) is 0 Å². The third-order valence-electron chi connectivity index (χ3n) is 7.31. The van der Waals surface area contributed by atoms with Crippen LogP contribution in [0.3, 0.4) is 0 Å². The predicted octanol–water partition coefficient (Wildman–Crippen LogP) is 6.18. The molecule has 0 unspecified atom stereocenters. The number of thioether (sulfide) groups is 4. The van der Waals surface area contributed by atoms with Gasteiger partial charge in [-0.25, -0.2) is 9.59 Å². The van der Waals surface area contributed by atoms with Crippen LogP contribution in [0.1, 0.15) is 17.2 Å². The van der Waals surface area contributed by atoms with Gasteiger partial charge in [-0.1, -0.05) is 95.6 Å². The number of nitrogens with one attached hydrogen (secondary N) is 2. The highest BCUT2D eigenvalue weighted by atomic mass is 35.5. The Morgan fingerprint density at radius 3 is 2.37 bits per heavy atom. The number of H-pyrrole nitrogens is 1. The fraction of sp³-hybridized carbons (Fsp3) is 0.182. The summed E-state index contributed by atoms with van der Waals surface area (Å²) in [7, 11) is 0. The topological polar surface area (TPSA) is 147 Å². The van der Waals surface area contributed by atoms with E-state index in [4.69, 9.17) is 33.7 Å². The van der Waals surface area contributed by atoms with Gasteiger partial charge in [0.2, 0.25) is 5.91 Å². The standard InChI is InChI=1S/C33H27Cl2N5O5S4/c34-20-11-12-21(35)22(13-20)46-16-25(41)38-27-30(42)40-28(23(15-47-31(27)40)48-17-49-26-14-24(36)37-33(44)39-26)32(43)45-29(18-7-3-1-4-8-18)19-9-5-2-6-10-19/h1-14,27,29,31H,15-17H2,(H,38,41)(H3,36,37,39,44)/t27-,31-/m1/s1. The van der Waals surface area contributed by atoms with Gasteiger partial charge >= 0.3 is 11.7 Å². The Bertz CT molecular complexity index is 1930. The van der Waals surface area contributed by atoms with Crippen LogP contribution in [0.25, 0.3) is 0 Å². The van der Waals surface area contributed by atoms with Crippen molar-refractivity contribution in [3.63, 3.8) is 0 Å². The maximum atomic E-state index is 14.2. The molecular weight excluding hydrogens is 746 g/mol. The predicted molar refractivity (Wildman–Crippen MR) is 198 cm³/mol. The summed E-state index contributed by atoms with van der Waals surface area (Å²) in [5.74, 6) is -0.862. The number of amides is 2. The number of nitrogen functional groups attached to an aromatic ring is 1. The van der Waals surface area contributed by atoms with E-state index in [0.717, 1.165) is 11.1 Å². The molecule has 1 fully saturated rings. The van der Waals surface area contributed by atoms with Crippen LogP contribution >= 0.6 is 70.2 Å². The van der Waals surface area contributed by atoms with Crippen LogP contribution in [0.15, 0.2) is 110 Å². The third-order valence-corrected chi connectivity index (χ3v) is 12.6. The molecule has 2 aliphatic rings. The Balaban J connectivity index is 1.22. The van der Waals surface area contributed by atoms with Gasteiger partial charge in [0.25, 0.3) is 5.91 Å². The van der Waals surface area contributed by atoms with Gasteiger partial charge in [-0.3, -0.25) is 19.5 Å². The van der Waals surface area contributed by atoms with Crippen molar-refractivity contribution in [2.45, 2.75) is 27.4 Å². The largest absolute Gasteiger partial charge is 0.448 e. The van der Waals surface area contributed by atoms with Gasteiger partial charge in [0.05, 0.1) is 10.8 Å². The van der Waals surface area contributed by atoms with Crippen LogP contribution in [0.4, 0.5) is 5.82 Å². The van der Waals surface area contributed by atoms with Crippen LogP contribution in [0.5, 0.6) is 0 Å². The maximum absolute atomic E-state index is 14.2. The first-order valence-corrected chi connectivity index (χ1v) is 19.4. The molecule has 4 aromatic rings. The summed E-state index contributed by atoms with van der Waals surface area (Å²) in [6, 6.07) is 24.4. The first kappa shape index (κ1) is 35.3. The van der Waals surface area contributed by atoms with Crippen LogP contribution in [0.2, 0.25) is 10.0 Å². The molecule has 3 aromatic carbocycles. The number of benzene rings is 3. The number of ether oxygens (including phenoxy) is 1. The summed E-state index contributed by atoms with van der Waals surface area (Å²) < 4.78 is 6.21. The van der Waals surface area contributed by atoms with Crippen molar-refractivity contribution in [1.82, 2.24) is 20.2 Å². The molecule has 10 nitrogen and oxygen atoms in total. The molecule has 0 radical (unpaired) electrons. The van der Waals surface area contributed by atoms with Gasteiger partial charge in [0, 0.05) is 31.7 Å². The number of carbonyl (C=O) groups is 3. The molecule has 0 saturated carbocycles. The van der Waals surface area contributed by atoms with Gasteiger partial charge < -0.3 is 15.8 Å². The van der Waals surface area contributed by atoms with Gasteiger partial charge in [-0.2, -0.15) is 4.98 Å². The van der Waals surface area contributed by atoms with Crippen LogP contribution in [-0.4, -0.2) is 60.7 Å². The molecule has 49 heavy (non-hydrogen) atoms. The molecule has 4 N–H and O–H groups in total. The summed E-state index contributed by atoms with van der Waals surface area (Å²) in [5.41, 5.74) is 6.87. The Morgan fingerprint density at radius 2 is 1.69 bits per heavy atom. The Kier molecular flexibility index (Phi) is 11.5. The number of β-lactam (4-membered cyclic amide) rings is 1. The minimum Gasteiger partial charge on any atom is -0.448 e. The number of fused-ring (bicyclic) bond motifs is 1. The molecule has 1 aromatic heterocycles. The summed E-state index contributed by atoms with van der Waals surface area (Å²) in [5, 5.41) is 4.07. The number of nitrogens with two attached hydrogens (primary N) is 1. The van der Waals surface area contributed by atoms with Gasteiger partial charge in [-0.15, -0.1) is 35.3 Å². The lowest BCUT2D eigenvalue weighted by molar-refractivity contribution is -0.154. The van der Waals surface area contributed by atoms with Gasteiger partial charge in [0.1, 0.15) is 28.0 Å². The summed E-state index contributed by atoms with van der Waals surface area (Å²) in [4.78, 5) is 61.7. The van der Waals surface area contributed by atoms with Gasteiger partial charge in [0.15, 0.2) is 6.10 Å². The van der Waals surface area contributed by atoms with E-state index in [1.54, 1.807) is 24.3 Å². The molecule has 2 atom stereocenters. The summed E-state index contributed by atoms with van der Waals surface area (Å²) >= 11 is 17.6. The Morgan fingerprint density at radius 1 is 1.00 bits per heavy atom. The molecule has 2 aliphatic heterocycles. The number of carbonyl (C=O) groups excluding carboxylic acids is 3. The van der Waals surface area contributed by atoms with Crippen molar-refractivity contribution < 1.29 is 19.1 Å². The second-order valence-corrected chi connectivity index (χ2v) is 16.0. The lowest BCUT2D eigenvalue weighted by Crippen LogP contribution is -2.70. The average Bonchev–Trinajstić information content (AvgIpc) is 3.10. The first-order chi connectivity index (χ1) is 23.7. The highest BCUT2D eigenvalue weighted by molar-refractivity contribution is 8.18. The minimum absolute atomic E-state index is 0.0149. The number of hydrogen-bond acceptors (Lipinski definition) is 11. The number of esters is 1. The first-order valence-electron chi connectivity index (χ1n) is 14.7. The zero-order valence-electron chi connectivity index (χ0n) is 25.3. The molecule has 0 bridgehead atoms. The van der Waals surface area contributed by atoms with Crippen molar-refractivity contribution in [3.8, 4) is 0 Å². The fourth-order valence-corrected chi connectivity index (χ4v) is 10.1. The molecule has 3 heterocycles. The van der Waals surface area contributed by atoms with E-state index in [1.165, 1.54) is 51.9 Å². The van der Waals surface area contributed by atoms with Crippen molar-refractivity contribution in [2.24, 2.45) is 0 Å². The molecular formula is C33H27Cl2N5O5S4. The van der Waals surface area contributed by atoms with E-state index in [2.05, 4.69) is 15.3 Å². The van der Waals surface area contributed by atoms with Crippen molar-refractivity contribution >= 4 is 93.9 Å². The van der Waals surface area contributed by atoms with E-state index in [-0.39, 0.29) is 23.2 Å². The highest BCUT2D eigenvalue weighted by Crippen LogP contribution is 2.45. The molecule has 1 saturated heterocycles. The van der Waals surface area contributed by atoms with Gasteiger partial charge in [-0.05, 0) is 29.3 Å². The van der Waals surface area contributed by atoms with E-state index in [1.807, 2.05) is 60.7 Å². The molecule has 0 aliphatic carbocycles. The van der Waals surface area contributed by atoms with Crippen LogP contribution in [-0.2, 0) is 19.1 Å². The normalized spacial score (nSPS) is 17.0. The Labute approximate surface area is 308 Å². The second-order valence-electron chi connectivity index (χ2n) is 10.6. The molecule has 0 spiro atoms. The minimum atomic E-state index is -0.834. The SMILES string of the molecule is Nc1cc(SCSC2=C(C(=O)OC(c3ccccc3)c3ccccc3)N3C(=O)[C@@H](NC(=O)CSc4cc(Cl)ccc4Cl)[C@H]3SC2)nc(=O)[nH]1. The third kappa shape index (κ3) is 8.44. The number of aromatic nitrogens is 2. The van der Waals surface area contributed by atoms with Crippen molar-refractivity contribution in [2.75, 3.05) is 22.3 Å². The monoisotopic (exact) mass is 771 g/mol. The molecule has 16 heteroatoms. The number of nitrogens with zero attached hydrogens (tertiary/aromatic N) is 2. The van der Waals surface area contributed by atoms with E-state index < -0.39 is 35.1 Å². The number of aromatic amines is 1. The smallest absolute Gasteiger partial charge is 0.356 e. The summed E-state index contributed by atoms with van der Waals surface area (Å²) in [6.45, 7) is 0. The fourth-order valence-electron chi connectivity index (χ4n) is 5.07. The quantitative estimate of drug-likeness (QED) is 0.0499. The Hall–Kier alpha value is -3.53. The highest BCUT2D eigenvalue weighted by Gasteiger charge is 2.54. The average molecular weight is 773 g/mol. The number of rotatable bonds is 12. The zero-order chi connectivity index (χ0) is 34.5.